The first-order valence-electron chi connectivity index (χ1n) is 10.4. The minimum Gasteiger partial charge on any atom is -0.497 e. The molecule has 2 heterocycles. The molecule has 156 valence electrons. The molecule has 1 fully saturated rings. The van der Waals surface area contributed by atoms with Gasteiger partial charge >= 0.3 is 0 Å². The van der Waals surface area contributed by atoms with E-state index in [0.717, 1.165) is 40.7 Å². The number of fused-ring (bicyclic) bond motifs is 1. The number of aromatic nitrogens is 1. The van der Waals surface area contributed by atoms with E-state index in [1.807, 2.05) is 48.7 Å². The normalized spacial score (nSPS) is 16.3. The Morgan fingerprint density at radius 3 is 2.77 bits per heavy atom. The lowest BCUT2D eigenvalue weighted by Crippen LogP contribution is -2.30. The number of hydrogen-bond donors (Lipinski definition) is 2. The highest BCUT2D eigenvalue weighted by Crippen LogP contribution is 2.25. The van der Waals surface area contributed by atoms with Gasteiger partial charge in [0.25, 0.3) is 0 Å². The van der Waals surface area contributed by atoms with E-state index in [1.165, 1.54) is 5.56 Å². The summed E-state index contributed by atoms with van der Waals surface area (Å²) >= 11 is 0. The molecule has 2 aromatic carbocycles. The third-order valence-electron chi connectivity index (χ3n) is 5.84. The van der Waals surface area contributed by atoms with Gasteiger partial charge in [0.1, 0.15) is 5.75 Å². The van der Waals surface area contributed by atoms with Crippen LogP contribution in [0.5, 0.6) is 5.75 Å². The van der Waals surface area contributed by atoms with Crippen molar-refractivity contribution in [3.05, 3.63) is 59.8 Å². The number of nitrogens with zero attached hydrogens (tertiary/aromatic N) is 1. The number of nitrogens with one attached hydrogen (secondary N) is 2. The Kier molecular flexibility index (Phi) is 5.74. The quantitative estimate of drug-likeness (QED) is 0.628. The number of methoxy groups -OCH3 is 1. The van der Waals surface area contributed by atoms with Crippen LogP contribution in [-0.2, 0) is 22.4 Å². The molecule has 3 aromatic rings. The second-order valence-electron chi connectivity index (χ2n) is 7.76. The predicted octanol–water partition coefficient (Wildman–Crippen LogP) is 3.77. The third-order valence-corrected chi connectivity index (χ3v) is 5.84. The zero-order chi connectivity index (χ0) is 21.1. The van der Waals surface area contributed by atoms with Gasteiger partial charge in [-0.05, 0) is 54.3 Å². The number of ether oxygens (including phenoxy) is 1. The SMILES string of the molecule is CCc1ccc(NC(=O)[C@H]2CC(=O)N(CCc3c[nH]c4ccc(OC)cc34)C2)cc1. The lowest BCUT2D eigenvalue weighted by molar-refractivity contribution is -0.128. The van der Waals surface area contributed by atoms with Crippen LogP contribution in [0, 0.1) is 5.92 Å². The molecule has 0 unspecified atom stereocenters. The highest BCUT2D eigenvalue weighted by molar-refractivity contribution is 5.97. The number of H-pyrrole nitrogens is 1. The van der Waals surface area contributed by atoms with Crippen molar-refractivity contribution in [2.45, 2.75) is 26.2 Å². The monoisotopic (exact) mass is 405 g/mol. The van der Waals surface area contributed by atoms with Gasteiger partial charge in [-0.1, -0.05) is 19.1 Å². The van der Waals surface area contributed by atoms with E-state index in [1.54, 1.807) is 12.0 Å². The Labute approximate surface area is 176 Å². The number of likely N-dealkylation sites (tertiary alicyclic amines) is 1. The van der Waals surface area contributed by atoms with Crippen LogP contribution in [0.2, 0.25) is 0 Å². The van der Waals surface area contributed by atoms with Gasteiger partial charge in [0.15, 0.2) is 0 Å². The second-order valence-corrected chi connectivity index (χ2v) is 7.76. The molecule has 2 N–H and O–H groups in total. The van der Waals surface area contributed by atoms with Crippen molar-refractivity contribution in [1.82, 2.24) is 9.88 Å². The van der Waals surface area contributed by atoms with Crippen LogP contribution < -0.4 is 10.1 Å². The van der Waals surface area contributed by atoms with Crippen molar-refractivity contribution in [3.8, 4) is 5.75 Å². The first-order valence-corrected chi connectivity index (χ1v) is 10.4. The van der Waals surface area contributed by atoms with Crippen molar-refractivity contribution in [1.29, 1.82) is 0 Å². The van der Waals surface area contributed by atoms with Gasteiger partial charge in [0.05, 0.1) is 13.0 Å². The largest absolute Gasteiger partial charge is 0.497 e. The summed E-state index contributed by atoms with van der Waals surface area (Å²) in [6.07, 6.45) is 3.94. The van der Waals surface area contributed by atoms with Crippen molar-refractivity contribution in [2.24, 2.45) is 5.92 Å². The van der Waals surface area contributed by atoms with E-state index in [2.05, 4.69) is 17.2 Å². The number of aryl methyl sites for hydroxylation is 1. The lowest BCUT2D eigenvalue weighted by Gasteiger charge is -2.16. The van der Waals surface area contributed by atoms with E-state index in [9.17, 15) is 9.59 Å². The van der Waals surface area contributed by atoms with Crippen LogP contribution in [0.1, 0.15) is 24.5 Å². The summed E-state index contributed by atoms with van der Waals surface area (Å²) in [5, 5.41) is 4.05. The molecular weight excluding hydrogens is 378 g/mol. The fourth-order valence-electron chi connectivity index (χ4n) is 3.98. The summed E-state index contributed by atoms with van der Waals surface area (Å²) in [5.74, 6) is 0.441. The highest BCUT2D eigenvalue weighted by atomic mass is 16.5. The third kappa shape index (κ3) is 4.17. The van der Waals surface area contributed by atoms with Gasteiger partial charge in [0.2, 0.25) is 11.8 Å². The summed E-state index contributed by atoms with van der Waals surface area (Å²) in [5.41, 5.74) is 4.19. The maximum atomic E-state index is 12.6. The Balaban J connectivity index is 1.36. The fraction of sp³-hybridized carbons (Fsp3) is 0.333. The summed E-state index contributed by atoms with van der Waals surface area (Å²) in [7, 11) is 1.65. The Hall–Kier alpha value is -3.28. The number of amides is 2. The minimum atomic E-state index is -0.314. The summed E-state index contributed by atoms with van der Waals surface area (Å²) < 4.78 is 5.32. The molecule has 4 rings (SSSR count). The van der Waals surface area contributed by atoms with Gasteiger partial charge in [-0.15, -0.1) is 0 Å². The Morgan fingerprint density at radius 1 is 1.23 bits per heavy atom. The Morgan fingerprint density at radius 2 is 2.03 bits per heavy atom. The molecule has 0 aliphatic carbocycles. The number of anilines is 1. The van der Waals surface area contributed by atoms with Gasteiger partial charge in [-0.2, -0.15) is 0 Å². The van der Waals surface area contributed by atoms with E-state index < -0.39 is 0 Å². The van der Waals surface area contributed by atoms with Gasteiger partial charge in [-0.3, -0.25) is 9.59 Å². The van der Waals surface area contributed by atoms with Crippen molar-refractivity contribution in [3.63, 3.8) is 0 Å². The molecular formula is C24H27N3O3. The molecule has 0 bridgehead atoms. The number of hydrogen-bond acceptors (Lipinski definition) is 3. The van der Waals surface area contributed by atoms with Crippen LogP contribution >= 0.6 is 0 Å². The zero-order valence-corrected chi connectivity index (χ0v) is 17.4. The number of rotatable bonds is 7. The zero-order valence-electron chi connectivity index (χ0n) is 17.4. The van der Waals surface area contributed by atoms with Crippen LogP contribution in [-0.4, -0.2) is 41.9 Å². The molecule has 1 aliphatic heterocycles. The molecule has 1 atom stereocenters. The van der Waals surface area contributed by atoms with Crippen molar-refractivity contribution >= 4 is 28.4 Å². The predicted molar refractivity (Wildman–Crippen MR) is 118 cm³/mol. The molecule has 1 aliphatic rings. The molecule has 0 radical (unpaired) electrons. The molecule has 0 saturated carbocycles. The highest BCUT2D eigenvalue weighted by Gasteiger charge is 2.34. The molecule has 1 saturated heterocycles. The van der Waals surface area contributed by atoms with Crippen LogP contribution in [0.4, 0.5) is 5.69 Å². The number of benzene rings is 2. The summed E-state index contributed by atoms with van der Waals surface area (Å²) in [6, 6.07) is 13.8. The standard InChI is InChI=1S/C24H27N3O3/c1-3-16-4-6-19(7-5-16)26-24(29)18-12-23(28)27(15-18)11-10-17-14-25-22-9-8-20(30-2)13-21(17)22/h4-9,13-14,18,25H,3,10-12,15H2,1-2H3,(H,26,29)/t18-/m0/s1. The summed E-state index contributed by atoms with van der Waals surface area (Å²) in [4.78, 5) is 30.2. The molecule has 30 heavy (non-hydrogen) atoms. The van der Waals surface area contributed by atoms with E-state index in [-0.39, 0.29) is 24.2 Å². The molecule has 6 heteroatoms. The van der Waals surface area contributed by atoms with Gasteiger partial charge in [-0.25, -0.2) is 0 Å². The summed E-state index contributed by atoms with van der Waals surface area (Å²) in [6.45, 7) is 3.15. The maximum absolute atomic E-state index is 12.6. The van der Waals surface area contributed by atoms with E-state index in [4.69, 9.17) is 4.74 Å². The second kappa shape index (κ2) is 8.61. The molecule has 6 nitrogen and oxygen atoms in total. The maximum Gasteiger partial charge on any atom is 0.229 e. The first kappa shape index (κ1) is 20.0. The first-order chi connectivity index (χ1) is 14.6. The number of carbonyl (C=O) groups excluding carboxylic acids is 2. The number of aromatic amines is 1. The molecule has 2 amide bonds. The smallest absolute Gasteiger partial charge is 0.229 e. The lowest BCUT2D eigenvalue weighted by atomic mass is 10.1. The van der Waals surface area contributed by atoms with Crippen LogP contribution in [0.25, 0.3) is 10.9 Å². The Bertz CT molecular complexity index is 1060. The van der Waals surface area contributed by atoms with Crippen molar-refractivity contribution < 1.29 is 14.3 Å². The average molecular weight is 405 g/mol. The average Bonchev–Trinajstić information content (AvgIpc) is 3.35. The molecule has 1 aromatic heterocycles. The van der Waals surface area contributed by atoms with Gasteiger partial charge < -0.3 is 19.9 Å². The molecule has 0 spiro atoms. The number of carbonyl (C=O) groups is 2. The van der Waals surface area contributed by atoms with Crippen LogP contribution in [0.15, 0.2) is 48.7 Å². The topological polar surface area (TPSA) is 74.4 Å². The van der Waals surface area contributed by atoms with E-state index >= 15 is 0 Å². The van der Waals surface area contributed by atoms with Gasteiger partial charge in [0, 0.05) is 42.3 Å². The fourth-order valence-corrected chi connectivity index (χ4v) is 3.98. The van der Waals surface area contributed by atoms with E-state index in [0.29, 0.717) is 13.1 Å². The van der Waals surface area contributed by atoms with Crippen LogP contribution in [0.3, 0.4) is 0 Å². The minimum absolute atomic E-state index is 0.0360. The van der Waals surface area contributed by atoms with Crippen molar-refractivity contribution in [2.75, 3.05) is 25.5 Å².